The lowest BCUT2D eigenvalue weighted by Gasteiger charge is -2.05. The van der Waals surface area contributed by atoms with Gasteiger partial charge in [0.1, 0.15) is 5.75 Å². The summed E-state index contributed by atoms with van der Waals surface area (Å²) >= 11 is 0. The highest BCUT2D eigenvalue weighted by Crippen LogP contribution is 2.28. The van der Waals surface area contributed by atoms with E-state index in [4.69, 9.17) is 15.0 Å². The average Bonchev–Trinajstić information content (AvgIpc) is 2.86. The van der Waals surface area contributed by atoms with Crippen molar-refractivity contribution in [3.63, 3.8) is 0 Å². The second-order valence-electron chi connectivity index (χ2n) is 3.84. The Morgan fingerprint density at radius 3 is 2.94 bits per heavy atom. The molecule has 0 atom stereocenters. The first kappa shape index (κ1) is 12.6. The van der Waals surface area contributed by atoms with Crippen LogP contribution in [0, 0.1) is 0 Å². The molecule has 0 aliphatic heterocycles. The molecular weight excluding hydrogens is 230 g/mol. The van der Waals surface area contributed by atoms with Gasteiger partial charge in [-0.15, -0.1) is 0 Å². The highest BCUT2D eigenvalue weighted by atomic mass is 16.5. The number of benzene rings is 1. The molecule has 2 rings (SSSR count). The Kier molecular flexibility index (Phi) is 4.30. The molecule has 1 aromatic carbocycles. The molecule has 2 N–H and O–H groups in total. The summed E-state index contributed by atoms with van der Waals surface area (Å²) < 4.78 is 10.8. The van der Waals surface area contributed by atoms with E-state index in [2.05, 4.69) is 10.1 Å². The second kappa shape index (κ2) is 6.16. The van der Waals surface area contributed by atoms with E-state index in [0.717, 1.165) is 24.2 Å². The maximum Gasteiger partial charge on any atom is 0.261 e. The van der Waals surface area contributed by atoms with E-state index in [1.807, 2.05) is 31.2 Å². The van der Waals surface area contributed by atoms with Crippen LogP contribution in [0.5, 0.6) is 5.75 Å². The Morgan fingerprint density at radius 1 is 1.33 bits per heavy atom. The van der Waals surface area contributed by atoms with Crippen molar-refractivity contribution in [3.8, 4) is 17.2 Å². The molecule has 0 radical (unpaired) electrons. The molecular formula is C13H17N3O2. The molecule has 0 aliphatic carbocycles. The zero-order chi connectivity index (χ0) is 12.8. The third-order valence-electron chi connectivity index (χ3n) is 2.49. The molecule has 0 aliphatic rings. The highest BCUT2D eigenvalue weighted by Gasteiger charge is 2.12. The minimum Gasteiger partial charge on any atom is -0.493 e. The lowest BCUT2D eigenvalue weighted by molar-refractivity contribution is 0.339. The number of aromatic nitrogens is 2. The van der Waals surface area contributed by atoms with Crippen LogP contribution in [0.25, 0.3) is 11.5 Å². The Balaban J connectivity index is 2.22. The van der Waals surface area contributed by atoms with Crippen LogP contribution in [0.2, 0.25) is 0 Å². The first-order valence-corrected chi connectivity index (χ1v) is 6.10. The summed E-state index contributed by atoms with van der Waals surface area (Å²) in [6, 6.07) is 7.63. The number of ether oxygens (including phenoxy) is 1. The fourth-order valence-electron chi connectivity index (χ4n) is 1.65. The van der Waals surface area contributed by atoms with Gasteiger partial charge in [-0.05, 0) is 32.0 Å². The smallest absolute Gasteiger partial charge is 0.261 e. The lowest BCUT2D eigenvalue weighted by Crippen LogP contribution is -2.01. The standard InChI is InChI=1S/C13H17N3O2/c1-2-17-11-7-4-3-6-10(11)13-15-12(16-18-13)8-5-9-14/h3-4,6-7H,2,5,8-9,14H2,1H3. The van der Waals surface area contributed by atoms with Crippen molar-refractivity contribution in [1.29, 1.82) is 0 Å². The molecule has 0 bridgehead atoms. The van der Waals surface area contributed by atoms with E-state index < -0.39 is 0 Å². The first-order valence-electron chi connectivity index (χ1n) is 6.10. The summed E-state index contributed by atoms with van der Waals surface area (Å²) in [5.41, 5.74) is 6.28. The third kappa shape index (κ3) is 2.87. The lowest BCUT2D eigenvalue weighted by atomic mass is 10.2. The molecule has 0 fully saturated rings. The van der Waals surface area contributed by atoms with Gasteiger partial charge in [0.2, 0.25) is 0 Å². The quantitative estimate of drug-likeness (QED) is 0.845. The van der Waals surface area contributed by atoms with Crippen molar-refractivity contribution in [2.45, 2.75) is 19.8 Å². The normalized spacial score (nSPS) is 10.6. The largest absolute Gasteiger partial charge is 0.493 e. The van der Waals surface area contributed by atoms with Gasteiger partial charge >= 0.3 is 0 Å². The Labute approximate surface area is 106 Å². The molecule has 0 saturated carbocycles. The second-order valence-corrected chi connectivity index (χ2v) is 3.84. The molecule has 0 spiro atoms. The molecule has 18 heavy (non-hydrogen) atoms. The van der Waals surface area contributed by atoms with Crippen LogP contribution in [0.3, 0.4) is 0 Å². The zero-order valence-corrected chi connectivity index (χ0v) is 10.4. The molecule has 0 saturated heterocycles. The zero-order valence-electron chi connectivity index (χ0n) is 10.4. The molecule has 0 amide bonds. The molecule has 5 heteroatoms. The summed E-state index contributed by atoms with van der Waals surface area (Å²) in [6.45, 7) is 3.17. The third-order valence-corrected chi connectivity index (χ3v) is 2.49. The number of aryl methyl sites for hydroxylation is 1. The molecule has 1 heterocycles. The van der Waals surface area contributed by atoms with Gasteiger partial charge in [-0.2, -0.15) is 4.98 Å². The molecule has 5 nitrogen and oxygen atoms in total. The van der Waals surface area contributed by atoms with Gasteiger partial charge < -0.3 is 15.0 Å². The van der Waals surface area contributed by atoms with E-state index in [1.165, 1.54) is 0 Å². The number of nitrogens with two attached hydrogens (primary N) is 1. The number of nitrogens with zero attached hydrogens (tertiary/aromatic N) is 2. The Hall–Kier alpha value is -1.88. The van der Waals surface area contributed by atoms with Gasteiger partial charge in [-0.3, -0.25) is 0 Å². The van der Waals surface area contributed by atoms with Crippen molar-refractivity contribution < 1.29 is 9.26 Å². The van der Waals surface area contributed by atoms with Crippen LogP contribution in [0.15, 0.2) is 28.8 Å². The van der Waals surface area contributed by atoms with Gasteiger partial charge in [0.05, 0.1) is 12.2 Å². The Morgan fingerprint density at radius 2 is 2.17 bits per heavy atom. The minimum absolute atomic E-state index is 0.492. The number of para-hydroxylation sites is 1. The van der Waals surface area contributed by atoms with Gasteiger partial charge in [0.15, 0.2) is 5.82 Å². The van der Waals surface area contributed by atoms with Crippen molar-refractivity contribution in [1.82, 2.24) is 10.1 Å². The van der Waals surface area contributed by atoms with Crippen LogP contribution < -0.4 is 10.5 Å². The van der Waals surface area contributed by atoms with Gasteiger partial charge in [-0.25, -0.2) is 0 Å². The topological polar surface area (TPSA) is 74.2 Å². The predicted molar refractivity (Wildman–Crippen MR) is 68.3 cm³/mol. The number of rotatable bonds is 6. The monoisotopic (exact) mass is 247 g/mol. The molecule has 1 aromatic heterocycles. The van der Waals surface area contributed by atoms with E-state index >= 15 is 0 Å². The van der Waals surface area contributed by atoms with Crippen LogP contribution >= 0.6 is 0 Å². The maximum atomic E-state index is 5.53. The van der Waals surface area contributed by atoms with Gasteiger partial charge in [0, 0.05) is 6.42 Å². The molecule has 96 valence electrons. The minimum atomic E-state index is 0.492. The Bertz CT molecular complexity index is 496. The fourth-order valence-corrected chi connectivity index (χ4v) is 1.65. The summed E-state index contributed by atoms with van der Waals surface area (Å²) in [4.78, 5) is 4.35. The van der Waals surface area contributed by atoms with Crippen molar-refractivity contribution in [3.05, 3.63) is 30.1 Å². The highest BCUT2D eigenvalue weighted by molar-refractivity contribution is 5.62. The number of hydrogen-bond acceptors (Lipinski definition) is 5. The van der Waals surface area contributed by atoms with Crippen LogP contribution in [0.1, 0.15) is 19.2 Å². The first-order chi connectivity index (χ1) is 8.85. The summed E-state index contributed by atoms with van der Waals surface area (Å²) in [5.74, 6) is 1.93. The van der Waals surface area contributed by atoms with E-state index in [0.29, 0.717) is 24.9 Å². The number of hydrogen-bond donors (Lipinski definition) is 1. The molecule has 0 unspecified atom stereocenters. The van der Waals surface area contributed by atoms with Crippen LogP contribution in [0.4, 0.5) is 0 Å². The fraction of sp³-hybridized carbons (Fsp3) is 0.385. The van der Waals surface area contributed by atoms with Crippen LogP contribution in [-0.2, 0) is 6.42 Å². The summed E-state index contributed by atoms with van der Waals surface area (Å²) in [5, 5.41) is 3.93. The summed E-state index contributed by atoms with van der Waals surface area (Å²) in [7, 11) is 0. The predicted octanol–water partition coefficient (Wildman–Crippen LogP) is 2.03. The van der Waals surface area contributed by atoms with Crippen molar-refractivity contribution >= 4 is 0 Å². The van der Waals surface area contributed by atoms with Crippen LogP contribution in [-0.4, -0.2) is 23.3 Å². The van der Waals surface area contributed by atoms with E-state index in [1.54, 1.807) is 0 Å². The van der Waals surface area contributed by atoms with Crippen molar-refractivity contribution in [2.75, 3.05) is 13.2 Å². The van der Waals surface area contributed by atoms with Gasteiger partial charge in [0.25, 0.3) is 5.89 Å². The van der Waals surface area contributed by atoms with E-state index in [-0.39, 0.29) is 0 Å². The van der Waals surface area contributed by atoms with Crippen molar-refractivity contribution in [2.24, 2.45) is 5.73 Å². The SMILES string of the molecule is CCOc1ccccc1-c1nc(CCCN)no1. The van der Waals surface area contributed by atoms with E-state index in [9.17, 15) is 0 Å². The summed E-state index contributed by atoms with van der Waals surface area (Å²) in [6.07, 6.45) is 1.59. The molecule has 2 aromatic rings. The van der Waals surface area contributed by atoms with Gasteiger partial charge in [-0.1, -0.05) is 17.3 Å². The average molecular weight is 247 g/mol. The maximum absolute atomic E-state index is 5.53.